The highest BCUT2D eigenvalue weighted by Gasteiger charge is 2.24. The molecule has 2 aromatic heterocycles. The summed E-state index contributed by atoms with van der Waals surface area (Å²) in [6.07, 6.45) is 8.58. The largest absolute Gasteiger partial charge is 0.343 e. The van der Waals surface area contributed by atoms with Crippen LogP contribution >= 0.6 is 11.3 Å². The first-order valence-corrected chi connectivity index (χ1v) is 10.2. The number of rotatable bonds is 3. The summed E-state index contributed by atoms with van der Waals surface area (Å²) in [4.78, 5) is 31.9. The van der Waals surface area contributed by atoms with Crippen molar-refractivity contribution in [3.05, 3.63) is 27.6 Å². The summed E-state index contributed by atoms with van der Waals surface area (Å²) in [6.45, 7) is 3.95. The smallest absolute Gasteiger partial charge is 0.262 e. The molecule has 3 heterocycles. The number of hydrogen-bond acceptors (Lipinski definition) is 4. The zero-order valence-electron chi connectivity index (χ0n) is 14.7. The Hall–Kier alpha value is -1.69. The van der Waals surface area contributed by atoms with Gasteiger partial charge in [-0.25, -0.2) is 4.98 Å². The summed E-state index contributed by atoms with van der Waals surface area (Å²) >= 11 is 1.60. The quantitative estimate of drug-likeness (QED) is 0.844. The Kier molecular flexibility index (Phi) is 4.63. The van der Waals surface area contributed by atoms with Gasteiger partial charge in [0.05, 0.1) is 11.7 Å². The Morgan fingerprint density at radius 3 is 2.64 bits per heavy atom. The number of carbonyl (C=O) groups excluding carboxylic acids is 1. The van der Waals surface area contributed by atoms with Crippen molar-refractivity contribution in [3.8, 4) is 0 Å². The van der Waals surface area contributed by atoms with E-state index in [1.165, 1.54) is 31.2 Å². The third-order valence-electron chi connectivity index (χ3n) is 5.90. The van der Waals surface area contributed by atoms with Crippen LogP contribution in [0, 0.1) is 5.92 Å². The number of hydrogen-bond donors (Lipinski definition) is 0. The van der Waals surface area contributed by atoms with Gasteiger partial charge in [-0.1, -0.05) is 12.8 Å². The van der Waals surface area contributed by atoms with Crippen LogP contribution < -0.4 is 5.56 Å². The topological polar surface area (TPSA) is 55.2 Å². The van der Waals surface area contributed by atoms with Gasteiger partial charge >= 0.3 is 0 Å². The van der Waals surface area contributed by atoms with Crippen molar-refractivity contribution in [2.45, 2.75) is 57.9 Å². The van der Waals surface area contributed by atoms with Crippen LogP contribution in [-0.2, 0) is 11.3 Å². The van der Waals surface area contributed by atoms with E-state index in [9.17, 15) is 9.59 Å². The highest BCUT2D eigenvalue weighted by Crippen LogP contribution is 2.38. The van der Waals surface area contributed by atoms with Gasteiger partial charge in [0, 0.05) is 26.6 Å². The van der Waals surface area contributed by atoms with Crippen LogP contribution in [0.2, 0.25) is 0 Å². The molecule has 1 aliphatic carbocycles. The van der Waals surface area contributed by atoms with Crippen LogP contribution in [0.15, 0.2) is 16.5 Å². The molecular weight excluding hydrogens is 334 g/mol. The van der Waals surface area contributed by atoms with E-state index in [-0.39, 0.29) is 11.5 Å². The molecule has 0 unspecified atom stereocenters. The van der Waals surface area contributed by atoms with Gasteiger partial charge in [0.1, 0.15) is 4.83 Å². The second-order valence-electron chi connectivity index (χ2n) is 7.50. The average molecular weight is 359 g/mol. The second-order valence-corrected chi connectivity index (χ2v) is 8.36. The van der Waals surface area contributed by atoms with Crippen molar-refractivity contribution in [1.29, 1.82) is 0 Å². The normalized spacial score (nSPS) is 19.8. The maximum atomic E-state index is 13.1. The predicted octanol–water partition coefficient (Wildman–Crippen LogP) is 3.37. The monoisotopic (exact) mass is 359 g/mol. The minimum atomic E-state index is 0.127. The van der Waals surface area contributed by atoms with E-state index in [0.29, 0.717) is 18.4 Å². The molecule has 0 spiro atoms. The molecule has 0 bridgehead atoms. The summed E-state index contributed by atoms with van der Waals surface area (Å²) in [5.41, 5.74) is 1.36. The maximum Gasteiger partial charge on any atom is 0.262 e. The molecule has 5 nitrogen and oxygen atoms in total. The number of thiophene rings is 1. The van der Waals surface area contributed by atoms with Gasteiger partial charge in [-0.15, -0.1) is 11.3 Å². The third-order valence-corrected chi connectivity index (χ3v) is 6.80. The van der Waals surface area contributed by atoms with E-state index < -0.39 is 0 Å². The van der Waals surface area contributed by atoms with E-state index in [2.05, 4.69) is 10.4 Å². The zero-order chi connectivity index (χ0) is 17.4. The van der Waals surface area contributed by atoms with Crippen LogP contribution in [0.4, 0.5) is 0 Å². The van der Waals surface area contributed by atoms with Gasteiger partial charge in [0.2, 0.25) is 5.91 Å². The van der Waals surface area contributed by atoms with Gasteiger partial charge < -0.3 is 4.90 Å². The lowest BCUT2D eigenvalue weighted by molar-refractivity contribution is -0.130. The van der Waals surface area contributed by atoms with Gasteiger partial charge in [-0.05, 0) is 48.5 Å². The van der Waals surface area contributed by atoms with Crippen molar-refractivity contribution in [3.63, 3.8) is 0 Å². The summed E-state index contributed by atoms with van der Waals surface area (Å²) in [7, 11) is 0. The summed E-state index contributed by atoms with van der Waals surface area (Å²) in [5.74, 6) is 1.14. The van der Waals surface area contributed by atoms with E-state index >= 15 is 0 Å². The minimum absolute atomic E-state index is 0.127. The van der Waals surface area contributed by atoms with Crippen molar-refractivity contribution in [2.24, 2.45) is 5.92 Å². The lowest BCUT2D eigenvalue weighted by atomic mass is 9.96. The number of piperidine rings is 1. The fraction of sp³-hybridized carbons (Fsp3) is 0.632. The highest BCUT2D eigenvalue weighted by molar-refractivity contribution is 7.16. The predicted molar refractivity (Wildman–Crippen MR) is 100 cm³/mol. The van der Waals surface area contributed by atoms with Crippen LogP contribution in [-0.4, -0.2) is 33.4 Å². The molecule has 0 N–H and O–H groups in total. The van der Waals surface area contributed by atoms with Crippen LogP contribution in [0.5, 0.6) is 0 Å². The highest BCUT2D eigenvalue weighted by atomic mass is 32.1. The Bertz CT molecular complexity index is 827. The standard InChI is InChI=1S/C19H25N3O2S/c1-13(23)21-8-6-14(7-9-21)10-22-12-20-18-17(19(22)24)16(11-25-18)15-4-2-3-5-15/h11-12,14-15H,2-10H2,1H3. The molecule has 6 heteroatoms. The number of fused-ring (bicyclic) bond motifs is 1. The molecule has 0 radical (unpaired) electrons. The van der Waals surface area contributed by atoms with E-state index in [4.69, 9.17) is 0 Å². The molecule has 0 aromatic carbocycles. The molecule has 0 atom stereocenters. The van der Waals surface area contributed by atoms with Crippen LogP contribution in [0.3, 0.4) is 0 Å². The molecule has 1 saturated heterocycles. The molecule has 2 fully saturated rings. The summed E-state index contributed by atoms with van der Waals surface area (Å²) in [5, 5.41) is 3.02. The number of likely N-dealkylation sites (tertiary alicyclic amines) is 1. The third kappa shape index (κ3) is 3.24. The van der Waals surface area contributed by atoms with Crippen molar-refractivity contribution in [2.75, 3.05) is 13.1 Å². The lowest BCUT2D eigenvalue weighted by Gasteiger charge is -2.31. The maximum absolute atomic E-state index is 13.1. The van der Waals surface area contributed by atoms with Gasteiger partial charge in [0.25, 0.3) is 5.56 Å². The fourth-order valence-electron chi connectivity index (χ4n) is 4.36. The van der Waals surface area contributed by atoms with Gasteiger partial charge in [-0.3, -0.25) is 14.2 Å². The molecule has 1 amide bonds. The Morgan fingerprint density at radius 1 is 1.24 bits per heavy atom. The second kappa shape index (κ2) is 6.90. The zero-order valence-corrected chi connectivity index (χ0v) is 15.6. The first kappa shape index (κ1) is 16.8. The molecule has 25 heavy (non-hydrogen) atoms. The molecule has 2 aromatic rings. The molecule has 2 aliphatic rings. The Balaban J connectivity index is 1.56. The molecule has 1 aliphatic heterocycles. The Labute approximate surface area is 151 Å². The fourth-order valence-corrected chi connectivity index (χ4v) is 5.34. The van der Waals surface area contributed by atoms with E-state index in [0.717, 1.165) is 36.1 Å². The van der Waals surface area contributed by atoms with Crippen LogP contribution in [0.1, 0.15) is 56.9 Å². The lowest BCUT2D eigenvalue weighted by Crippen LogP contribution is -2.38. The average Bonchev–Trinajstić information content (AvgIpc) is 3.27. The first-order valence-electron chi connectivity index (χ1n) is 9.35. The van der Waals surface area contributed by atoms with Gasteiger partial charge in [0.15, 0.2) is 0 Å². The minimum Gasteiger partial charge on any atom is -0.343 e. The van der Waals surface area contributed by atoms with E-state index in [1.807, 2.05) is 9.47 Å². The van der Waals surface area contributed by atoms with Crippen molar-refractivity contribution < 1.29 is 4.79 Å². The number of nitrogens with zero attached hydrogens (tertiary/aromatic N) is 3. The first-order chi connectivity index (χ1) is 12.1. The molecule has 4 rings (SSSR count). The molecule has 134 valence electrons. The summed E-state index contributed by atoms with van der Waals surface area (Å²) in [6, 6.07) is 0. The Morgan fingerprint density at radius 2 is 1.96 bits per heavy atom. The van der Waals surface area contributed by atoms with Crippen molar-refractivity contribution in [1.82, 2.24) is 14.5 Å². The summed E-state index contributed by atoms with van der Waals surface area (Å²) < 4.78 is 1.81. The van der Waals surface area contributed by atoms with Gasteiger partial charge in [-0.2, -0.15) is 0 Å². The van der Waals surface area contributed by atoms with Crippen molar-refractivity contribution >= 4 is 27.5 Å². The number of carbonyl (C=O) groups is 1. The van der Waals surface area contributed by atoms with Crippen LogP contribution in [0.25, 0.3) is 10.2 Å². The molecule has 1 saturated carbocycles. The molecular formula is C19H25N3O2S. The number of aromatic nitrogens is 2. The number of amides is 1. The SMILES string of the molecule is CC(=O)N1CCC(Cn2cnc3scc(C4CCCC4)c3c2=O)CC1. The van der Waals surface area contributed by atoms with E-state index in [1.54, 1.807) is 24.6 Å².